The van der Waals surface area contributed by atoms with Gasteiger partial charge < -0.3 is 17.2 Å². The standard InChI is InChI=1S/C11H8Cl2F7N5/c12-4-1-3(9(14,10(15,16)17)11(18,19)20)2-5(13)6(4)24-8(23)25-7(21)22/h1-2H,(H6,21,22,23,24,25). The van der Waals surface area contributed by atoms with Gasteiger partial charge in [-0.25, -0.2) is 9.38 Å². The molecule has 0 amide bonds. The molecule has 0 heterocycles. The molecule has 25 heavy (non-hydrogen) atoms. The van der Waals surface area contributed by atoms with Crippen molar-refractivity contribution in [2.24, 2.45) is 27.2 Å². The van der Waals surface area contributed by atoms with Gasteiger partial charge in [-0.05, 0) is 12.1 Å². The van der Waals surface area contributed by atoms with Gasteiger partial charge in [0.1, 0.15) is 5.69 Å². The maximum Gasteiger partial charge on any atom is 0.435 e. The van der Waals surface area contributed by atoms with Crippen molar-refractivity contribution < 1.29 is 30.7 Å². The van der Waals surface area contributed by atoms with E-state index >= 15 is 0 Å². The monoisotopic (exact) mass is 413 g/mol. The average Bonchev–Trinajstić information content (AvgIpc) is 2.38. The lowest BCUT2D eigenvalue weighted by Gasteiger charge is -2.30. The Morgan fingerprint density at radius 1 is 0.840 bits per heavy atom. The van der Waals surface area contributed by atoms with E-state index < -0.39 is 51.2 Å². The first-order chi connectivity index (χ1) is 11.1. The fourth-order valence-electron chi connectivity index (χ4n) is 1.63. The second kappa shape index (κ2) is 6.75. The van der Waals surface area contributed by atoms with Gasteiger partial charge >= 0.3 is 18.0 Å². The normalized spacial score (nSPS) is 13.7. The maximum atomic E-state index is 14.0. The fourth-order valence-corrected chi connectivity index (χ4v) is 2.20. The number of halogens is 9. The molecule has 6 N–H and O–H groups in total. The minimum absolute atomic E-state index is 0.0794. The SMILES string of the molecule is NC(N)=NC(N)=Nc1c(Cl)cc(C(F)(C(F)(F)F)C(F)(F)F)cc1Cl. The topological polar surface area (TPSA) is 103 Å². The van der Waals surface area contributed by atoms with E-state index in [4.69, 9.17) is 40.4 Å². The molecule has 0 saturated heterocycles. The highest BCUT2D eigenvalue weighted by Gasteiger charge is 2.73. The van der Waals surface area contributed by atoms with Crippen molar-refractivity contribution in [2.45, 2.75) is 18.0 Å². The highest BCUT2D eigenvalue weighted by molar-refractivity contribution is 6.39. The zero-order valence-corrected chi connectivity index (χ0v) is 13.2. The fraction of sp³-hybridized carbons (Fsp3) is 0.273. The highest BCUT2D eigenvalue weighted by atomic mass is 35.5. The highest BCUT2D eigenvalue weighted by Crippen LogP contribution is 2.54. The summed E-state index contributed by atoms with van der Waals surface area (Å²) < 4.78 is 90.4. The van der Waals surface area contributed by atoms with E-state index in [2.05, 4.69) is 9.98 Å². The van der Waals surface area contributed by atoms with Gasteiger partial charge in [0.05, 0.1) is 10.0 Å². The van der Waals surface area contributed by atoms with Crippen molar-refractivity contribution in [3.63, 3.8) is 0 Å². The summed E-state index contributed by atoms with van der Waals surface area (Å²) in [4.78, 5) is 6.70. The van der Waals surface area contributed by atoms with Crippen LogP contribution in [0.3, 0.4) is 0 Å². The first-order valence-corrected chi connectivity index (χ1v) is 6.62. The van der Waals surface area contributed by atoms with Crippen LogP contribution >= 0.6 is 23.2 Å². The van der Waals surface area contributed by atoms with E-state index in [-0.39, 0.29) is 12.1 Å². The van der Waals surface area contributed by atoms with Crippen LogP contribution in [0.15, 0.2) is 22.1 Å². The van der Waals surface area contributed by atoms with Crippen molar-refractivity contribution in [2.75, 3.05) is 0 Å². The third kappa shape index (κ3) is 4.18. The number of hydrogen-bond acceptors (Lipinski definition) is 1. The molecule has 0 aromatic heterocycles. The van der Waals surface area contributed by atoms with Crippen molar-refractivity contribution >= 4 is 40.8 Å². The van der Waals surface area contributed by atoms with Gasteiger partial charge in [-0.15, -0.1) is 0 Å². The van der Waals surface area contributed by atoms with Crippen LogP contribution in [0.5, 0.6) is 0 Å². The van der Waals surface area contributed by atoms with Crippen molar-refractivity contribution in [1.29, 1.82) is 0 Å². The minimum atomic E-state index is -6.32. The van der Waals surface area contributed by atoms with E-state index in [9.17, 15) is 30.7 Å². The van der Waals surface area contributed by atoms with Crippen LogP contribution in [-0.2, 0) is 5.67 Å². The van der Waals surface area contributed by atoms with Gasteiger partial charge in [-0.2, -0.15) is 31.3 Å². The molecule has 0 atom stereocenters. The molecule has 0 fully saturated rings. The second-order valence-corrected chi connectivity index (χ2v) is 5.26. The van der Waals surface area contributed by atoms with Gasteiger partial charge in [0.25, 0.3) is 0 Å². The Morgan fingerprint density at radius 3 is 1.56 bits per heavy atom. The van der Waals surface area contributed by atoms with Crippen LogP contribution in [-0.4, -0.2) is 24.3 Å². The summed E-state index contributed by atoms with van der Waals surface area (Å²) in [6, 6.07) is 0.159. The number of rotatable bonds is 2. The lowest BCUT2D eigenvalue weighted by Crippen LogP contribution is -2.50. The molecule has 1 aromatic rings. The Hall–Kier alpha value is -1.95. The summed E-state index contributed by atoms with van der Waals surface area (Å²) in [5.41, 5.74) is 7.14. The summed E-state index contributed by atoms with van der Waals surface area (Å²) >= 11 is 11.1. The lowest BCUT2D eigenvalue weighted by molar-refractivity contribution is -0.348. The smallest absolute Gasteiger partial charge is 0.370 e. The molecule has 0 unspecified atom stereocenters. The Balaban J connectivity index is 3.61. The minimum Gasteiger partial charge on any atom is -0.370 e. The number of hydrogen-bond donors (Lipinski definition) is 3. The van der Waals surface area contributed by atoms with Crippen molar-refractivity contribution in [3.8, 4) is 0 Å². The van der Waals surface area contributed by atoms with E-state index in [0.717, 1.165) is 0 Å². The Bertz CT molecular complexity index is 686. The maximum absolute atomic E-state index is 14.0. The predicted octanol–water partition coefficient (Wildman–Crippen LogP) is 3.50. The molecular formula is C11H8Cl2F7N5. The largest absolute Gasteiger partial charge is 0.435 e. The Kier molecular flexibility index (Phi) is 5.69. The van der Waals surface area contributed by atoms with E-state index in [1.807, 2.05) is 0 Å². The van der Waals surface area contributed by atoms with E-state index in [1.165, 1.54) is 0 Å². The van der Waals surface area contributed by atoms with Crippen LogP contribution in [0.2, 0.25) is 10.0 Å². The van der Waals surface area contributed by atoms with E-state index in [0.29, 0.717) is 0 Å². The number of nitrogens with two attached hydrogens (primary N) is 3. The number of guanidine groups is 2. The summed E-state index contributed by atoms with van der Waals surface area (Å²) in [6.07, 6.45) is -12.6. The molecule has 0 spiro atoms. The molecule has 14 heteroatoms. The molecule has 1 rings (SSSR count). The van der Waals surface area contributed by atoms with Crippen molar-refractivity contribution in [3.05, 3.63) is 27.7 Å². The summed E-state index contributed by atoms with van der Waals surface area (Å²) in [5.74, 6) is -1.18. The molecule has 0 aliphatic heterocycles. The summed E-state index contributed by atoms with van der Waals surface area (Å²) in [6.45, 7) is 0. The molecule has 0 saturated carbocycles. The first-order valence-electron chi connectivity index (χ1n) is 5.87. The van der Waals surface area contributed by atoms with Gasteiger partial charge in [-0.3, -0.25) is 0 Å². The zero-order valence-electron chi connectivity index (χ0n) is 11.7. The Labute approximate surface area is 145 Å². The van der Waals surface area contributed by atoms with Crippen LogP contribution in [0.1, 0.15) is 5.56 Å². The van der Waals surface area contributed by atoms with Gasteiger partial charge in [0.2, 0.25) is 5.96 Å². The third-order valence-corrected chi connectivity index (χ3v) is 3.24. The van der Waals surface area contributed by atoms with Crippen molar-refractivity contribution in [1.82, 2.24) is 0 Å². The molecule has 0 radical (unpaired) electrons. The summed E-state index contributed by atoms with van der Waals surface area (Å²) in [5, 5.41) is -1.68. The molecule has 140 valence electrons. The molecule has 5 nitrogen and oxygen atoms in total. The van der Waals surface area contributed by atoms with Crippen LogP contribution < -0.4 is 17.2 Å². The number of alkyl halides is 7. The quantitative estimate of drug-likeness (QED) is 0.392. The third-order valence-electron chi connectivity index (χ3n) is 2.67. The number of aliphatic imine (C=N–C) groups is 2. The number of nitrogens with zero attached hydrogens (tertiary/aromatic N) is 2. The van der Waals surface area contributed by atoms with Gasteiger partial charge in [0, 0.05) is 5.56 Å². The van der Waals surface area contributed by atoms with Crippen LogP contribution in [0, 0.1) is 0 Å². The molecular weight excluding hydrogens is 406 g/mol. The second-order valence-electron chi connectivity index (χ2n) is 4.45. The lowest BCUT2D eigenvalue weighted by atomic mass is 9.94. The molecule has 0 aliphatic carbocycles. The Morgan fingerprint density at radius 2 is 1.24 bits per heavy atom. The molecule has 0 bridgehead atoms. The van der Waals surface area contributed by atoms with Crippen LogP contribution in [0.25, 0.3) is 0 Å². The van der Waals surface area contributed by atoms with Gasteiger partial charge in [-0.1, -0.05) is 23.2 Å². The van der Waals surface area contributed by atoms with Crippen LogP contribution in [0.4, 0.5) is 36.4 Å². The molecule has 0 aliphatic rings. The predicted molar refractivity (Wildman–Crippen MR) is 78.5 cm³/mol. The molecule has 1 aromatic carbocycles. The van der Waals surface area contributed by atoms with E-state index in [1.54, 1.807) is 0 Å². The number of benzene rings is 1. The first kappa shape index (κ1) is 21.1. The van der Waals surface area contributed by atoms with Gasteiger partial charge in [0.15, 0.2) is 5.96 Å². The average molecular weight is 414 g/mol. The zero-order chi connectivity index (χ0) is 19.8. The summed E-state index contributed by atoms with van der Waals surface area (Å²) in [7, 11) is 0.